The summed E-state index contributed by atoms with van der Waals surface area (Å²) < 4.78 is 24.7. The number of phosphoric acid groups is 1. The van der Waals surface area contributed by atoms with Gasteiger partial charge in [0.2, 0.25) is 0 Å². The molecule has 5 atom stereocenters. The number of aliphatic hydroxyl groups excluding tert-OH is 3. The van der Waals surface area contributed by atoms with E-state index in [1.807, 2.05) is 0 Å². The van der Waals surface area contributed by atoms with Crippen molar-refractivity contribution >= 4 is 13.6 Å². The monoisotopic (exact) mass is 316 g/mol. The summed E-state index contributed by atoms with van der Waals surface area (Å²) in [6.45, 7) is 0.112. The molecule has 0 aromatic rings. The van der Waals surface area contributed by atoms with E-state index in [-0.39, 0.29) is 5.78 Å². The predicted octanol–water partition coefficient (Wildman–Crippen LogP) is -2.49. The molecule has 1 saturated heterocycles. The van der Waals surface area contributed by atoms with Crippen LogP contribution in [0.5, 0.6) is 0 Å². The van der Waals surface area contributed by atoms with E-state index in [0.717, 1.165) is 0 Å². The lowest BCUT2D eigenvalue weighted by Crippen LogP contribution is -2.59. The molecule has 1 aliphatic rings. The van der Waals surface area contributed by atoms with Crippen LogP contribution in [0.3, 0.4) is 0 Å². The van der Waals surface area contributed by atoms with Gasteiger partial charge in [0.25, 0.3) is 0 Å². The SMILES string of the molecule is CC(=O)CO[C@@H]1OC(COP(=O)(O)O)[C@H](O)[C@H](O)C1O. The number of carbonyl (C=O) groups excluding carboxylic acids is 1. The fourth-order valence-electron chi connectivity index (χ4n) is 1.56. The summed E-state index contributed by atoms with van der Waals surface area (Å²) in [6, 6.07) is 0. The van der Waals surface area contributed by atoms with Gasteiger partial charge in [-0.3, -0.25) is 9.32 Å². The zero-order chi connectivity index (χ0) is 15.5. The molecule has 11 heteroatoms. The number of carbonyl (C=O) groups is 1. The van der Waals surface area contributed by atoms with Gasteiger partial charge in [-0.25, -0.2) is 4.57 Å². The van der Waals surface area contributed by atoms with Gasteiger partial charge in [-0.2, -0.15) is 0 Å². The number of ether oxygens (including phenoxy) is 2. The molecule has 10 nitrogen and oxygen atoms in total. The highest BCUT2D eigenvalue weighted by atomic mass is 31.2. The van der Waals surface area contributed by atoms with Gasteiger partial charge in [-0.05, 0) is 6.92 Å². The Balaban J connectivity index is 2.65. The predicted molar refractivity (Wildman–Crippen MR) is 61.3 cm³/mol. The van der Waals surface area contributed by atoms with Gasteiger partial charge in [0, 0.05) is 0 Å². The lowest BCUT2D eigenvalue weighted by Gasteiger charge is -2.39. The van der Waals surface area contributed by atoms with E-state index in [4.69, 9.17) is 19.3 Å². The van der Waals surface area contributed by atoms with Gasteiger partial charge >= 0.3 is 7.82 Å². The van der Waals surface area contributed by atoms with E-state index in [1.165, 1.54) is 6.92 Å². The van der Waals surface area contributed by atoms with Gasteiger partial charge in [0.1, 0.15) is 31.0 Å². The third-order valence-corrected chi connectivity index (χ3v) is 3.01. The largest absolute Gasteiger partial charge is 0.469 e. The molecule has 2 unspecified atom stereocenters. The molecule has 0 saturated carbocycles. The van der Waals surface area contributed by atoms with Crippen LogP contribution in [0.2, 0.25) is 0 Å². The topological polar surface area (TPSA) is 163 Å². The minimum absolute atomic E-state index is 0.357. The molecule has 20 heavy (non-hydrogen) atoms. The highest BCUT2D eigenvalue weighted by molar-refractivity contribution is 7.46. The Morgan fingerprint density at radius 2 is 1.80 bits per heavy atom. The molecule has 1 heterocycles. The lowest BCUT2D eigenvalue weighted by atomic mass is 9.99. The number of ketones is 1. The van der Waals surface area contributed by atoms with Crippen LogP contribution < -0.4 is 0 Å². The quantitative estimate of drug-likeness (QED) is 0.331. The summed E-state index contributed by atoms with van der Waals surface area (Å²) in [6.07, 6.45) is -7.68. The zero-order valence-electron chi connectivity index (χ0n) is 10.5. The van der Waals surface area contributed by atoms with E-state index in [2.05, 4.69) is 4.52 Å². The Kier molecular flexibility index (Phi) is 6.20. The number of phosphoric ester groups is 1. The first kappa shape index (κ1) is 17.6. The normalized spacial score (nSPS) is 35.0. The molecule has 0 aromatic heterocycles. The maximum atomic E-state index is 10.8. The number of hydrogen-bond acceptors (Lipinski definition) is 8. The standard InChI is InChI=1S/C9H17O10P/c1-4(10)2-17-9-8(13)7(12)6(11)5(19-9)3-18-20(14,15)16/h5-9,11-13H,2-3H2,1H3,(H2,14,15,16)/t5?,6-,7-,8?,9+/m0/s1. The third kappa shape index (κ3) is 5.17. The van der Waals surface area contributed by atoms with Crippen LogP contribution in [0.1, 0.15) is 6.92 Å². The second-order valence-electron chi connectivity index (χ2n) is 4.31. The summed E-state index contributed by atoms with van der Waals surface area (Å²) >= 11 is 0. The summed E-state index contributed by atoms with van der Waals surface area (Å²) in [5.74, 6) is -0.357. The number of Topliss-reactive ketones (excluding diaryl/α,β-unsaturated/α-hetero) is 1. The Hall–Kier alpha value is -0.420. The van der Waals surface area contributed by atoms with Crippen molar-refractivity contribution in [1.82, 2.24) is 0 Å². The van der Waals surface area contributed by atoms with Crippen LogP contribution in [-0.2, 0) is 23.4 Å². The van der Waals surface area contributed by atoms with Crippen molar-refractivity contribution in [3.63, 3.8) is 0 Å². The summed E-state index contributed by atoms with van der Waals surface area (Å²) in [5, 5.41) is 28.8. The first-order valence-corrected chi connectivity index (χ1v) is 7.15. The van der Waals surface area contributed by atoms with Crippen molar-refractivity contribution in [2.24, 2.45) is 0 Å². The summed E-state index contributed by atoms with van der Waals surface area (Å²) in [4.78, 5) is 27.9. The van der Waals surface area contributed by atoms with Gasteiger partial charge in [-0.15, -0.1) is 0 Å². The molecule has 1 rings (SSSR count). The molecular weight excluding hydrogens is 299 g/mol. The first-order valence-electron chi connectivity index (χ1n) is 5.62. The Morgan fingerprint density at radius 1 is 1.20 bits per heavy atom. The molecule has 0 spiro atoms. The highest BCUT2D eigenvalue weighted by Gasteiger charge is 2.45. The highest BCUT2D eigenvalue weighted by Crippen LogP contribution is 2.37. The Bertz CT molecular complexity index is 381. The second kappa shape index (κ2) is 7.03. The van der Waals surface area contributed by atoms with E-state index < -0.39 is 51.7 Å². The van der Waals surface area contributed by atoms with Crippen molar-refractivity contribution < 1.29 is 48.5 Å². The molecule has 1 aliphatic heterocycles. The molecule has 1 fully saturated rings. The zero-order valence-corrected chi connectivity index (χ0v) is 11.4. The van der Waals surface area contributed by atoms with Crippen LogP contribution in [0.25, 0.3) is 0 Å². The van der Waals surface area contributed by atoms with Gasteiger partial charge in [-0.1, -0.05) is 0 Å². The van der Waals surface area contributed by atoms with Crippen molar-refractivity contribution in [3.8, 4) is 0 Å². The minimum atomic E-state index is -4.77. The summed E-state index contributed by atoms with van der Waals surface area (Å²) in [7, 11) is -4.77. The minimum Gasteiger partial charge on any atom is -0.387 e. The van der Waals surface area contributed by atoms with Crippen LogP contribution in [0.4, 0.5) is 0 Å². The Morgan fingerprint density at radius 3 is 2.30 bits per heavy atom. The fourth-order valence-corrected chi connectivity index (χ4v) is 1.90. The van der Waals surface area contributed by atoms with Crippen molar-refractivity contribution in [3.05, 3.63) is 0 Å². The smallest absolute Gasteiger partial charge is 0.387 e. The lowest BCUT2D eigenvalue weighted by molar-refractivity contribution is -0.298. The van der Waals surface area contributed by atoms with E-state index >= 15 is 0 Å². The summed E-state index contributed by atoms with van der Waals surface area (Å²) in [5.41, 5.74) is 0. The number of rotatable bonds is 6. The molecular formula is C9H17O10P. The van der Waals surface area contributed by atoms with Gasteiger partial charge in [0.15, 0.2) is 12.1 Å². The molecule has 118 valence electrons. The molecule has 0 bridgehead atoms. The average molecular weight is 316 g/mol. The van der Waals surface area contributed by atoms with Gasteiger partial charge in [0.05, 0.1) is 6.61 Å². The van der Waals surface area contributed by atoms with E-state index in [9.17, 15) is 24.7 Å². The maximum absolute atomic E-state index is 10.8. The maximum Gasteiger partial charge on any atom is 0.469 e. The first-order chi connectivity index (χ1) is 9.11. The third-order valence-electron chi connectivity index (χ3n) is 2.53. The van der Waals surface area contributed by atoms with Crippen LogP contribution in [-0.4, -0.2) is 74.8 Å². The van der Waals surface area contributed by atoms with E-state index in [0.29, 0.717) is 0 Å². The molecule has 5 N–H and O–H groups in total. The molecule has 0 aromatic carbocycles. The van der Waals surface area contributed by atoms with Gasteiger partial charge < -0.3 is 34.6 Å². The molecule has 0 radical (unpaired) electrons. The average Bonchev–Trinajstić information content (AvgIpc) is 2.32. The fraction of sp³-hybridized carbons (Fsp3) is 0.889. The van der Waals surface area contributed by atoms with Crippen molar-refractivity contribution in [1.29, 1.82) is 0 Å². The van der Waals surface area contributed by atoms with Crippen LogP contribution >= 0.6 is 7.82 Å². The van der Waals surface area contributed by atoms with E-state index in [1.54, 1.807) is 0 Å². The number of hydrogen-bond donors (Lipinski definition) is 5. The van der Waals surface area contributed by atoms with Crippen LogP contribution in [0.15, 0.2) is 0 Å². The van der Waals surface area contributed by atoms with Crippen molar-refractivity contribution in [2.45, 2.75) is 37.6 Å². The molecule has 0 amide bonds. The number of aliphatic hydroxyl groups is 3. The van der Waals surface area contributed by atoms with Crippen LogP contribution in [0, 0.1) is 0 Å². The second-order valence-corrected chi connectivity index (χ2v) is 5.55. The molecule has 0 aliphatic carbocycles. The van der Waals surface area contributed by atoms with Crippen molar-refractivity contribution in [2.75, 3.05) is 13.2 Å². The Labute approximate surface area is 114 Å².